The van der Waals surface area contributed by atoms with Gasteiger partial charge < -0.3 is 96.0 Å². The number of aliphatic imine (C=N–C) groups is 1. The zero-order chi connectivity index (χ0) is 59.1. The lowest BCUT2D eigenvalue weighted by atomic mass is 10.0. The number of benzene rings is 1. The number of carbonyl (C=O) groups excluding carboxylic acids is 9. The van der Waals surface area contributed by atoms with Crippen molar-refractivity contribution in [3.8, 4) is 5.75 Å². The van der Waals surface area contributed by atoms with E-state index in [4.69, 9.17) is 22.9 Å². The summed E-state index contributed by atoms with van der Waals surface area (Å²) in [4.78, 5) is 144. The summed E-state index contributed by atoms with van der Waals surface area (Å²) in [5.41, 5.74) is 23.3. The first kappa shape index (κ1) is 66.2. The maximum absolute atomic E-state index is 13.9. The number of guanidine groups is 1. The molecule has 1 aromatic heterocycles. The van der Waals surface area contributed by atoms with E-state index in [1.165, 1.54) is 50.6 Å². The number of carboxylic acids is 1. The summed E-state index contributed by atoms with van der Waals surface area (Å²) in [6, 6.07) is -8.90. The van der Waals surface area contributed by atoms with Crippen LogP contribution in [0, 0.1) is 11.8 Å². The lowest BCUT2D eigenvalue weighted by Crippen LogP contribution is -2.64. The molecule has 30 nitrogen and oxygen atoms in total. The highest BCUT2D eigenvalue weighted by atomic mass is 16.4. The van der Waals surface area contributed by atoms with Gasteiger partial charge in [-0.15, -0.1) is 0 Å². The van der Waals surface area contributed by atoms with E-state index in [9.17, 15) is 73.5 Å². The van der Waals surface area contributed by atoms with E-state index >= 15 is 0 Å². The number of aromatic nitrogens is 2. The van der Waals surface area contributed by atoms with Crippen molar-refractivity contribution in [1.29, 1.82) is 0 Å². The molecule has 0 fully saturated rings. The number of imidazole rings is 1. The van der Waals surface area contributed by atoms with E-state index in [1.54, 1.807) is 13.8 Å². The van der Waals surface area contributed by atoms with Crippen molar-refractivity contribution >= 4 is 65.1 Å². The molecule has 78 heavy (non-hydrogen) atoms. The number of nitrogens with zero attached hydrogens (tertiary/aromatic N) is 2. The van der Waals surface area contributed by atoms with E-state index < -0.39 is 144 Å². The second kappa shape index (κ2) is 31.9. The van der Waals surface area contributed by atoms with Crippen molar-refractivity contribution < 1.29 is 73.5 Å². The van der Waals surface area contributed by atoms with Crippen LogP contribution in [0.25, 0.3) is 0 Å². The van der Waals surface area contributed by atoms with Crippen LogP contribution in [0.3, 0.4) is 0 Å². The minimum atomic E-state index is -1.95. The molecule has 0 radical (unpaired) electrons. The molecule has 0 aliphatic heterocycles. The van der Waals surface area contributed by atoms with Crippen molar-refractivity contribution in [1.82, 2.24) is 52.5 Å². The summed E-state index contributed by atoms with van der Waals surface area (Å²) in [5, 5.41) is 70.4. The number of rotatable bonds is 33. The largest absolute Gasteiger partial charge is 0.508 e. The van der Waals surface area contributed by atoms with Gasteiger partial charge in [-0.25, -0.2) is 9.78 Å². The molecule has 12 atom stereocenters. The Kier molecular flexibility index (Phi) is 27.1. The molecule has 0 aliphatic carbocycles. The quantitative estimate of drug-likeness (QED) is 0.0180. The van der Waals surface area contributed by atoms with E-state index in [-0.39, 0.29) is 56.3 Å². The SMILES string of the molecule is CC(C)C[C@H](NC(=O)[C@H](CCCN=C(N)N)NC(=O)[C@@H](NC(=O)[C@@H](NC(=O)[C@@H](NC(=O)[C@@H](NC(=O)[C@H](CC(N)=O)NC(=O)[C@H](Cc1ccc(O)cc1)NC(=O)[C@@H](N)Cc1cnc[nH]1)C(C)C)[C@@H](C)O)[C@@H](C)O)[C@@H](C)O)C(=O)O. The lowest BCUT2D eigenvalue weighted by molar-refractivity contribution is -0.143. The predicted octanol–water partition coefficient (Wildman–Crippen LogP) is -6.04. The Labute approximate surface area is 449 Å². The Morgan fingerprint density at radius 2 is 1.04 bits per heavy atom. The maximum Gasteiger partial charge on any atom is 0.326 e. The molecule has 9 amide bonds. The van der Waals surface area contributed by atoms with E-state index in [1.807, 2.05) is 0 Å². The first-order valence-electron chi connectivity index (χ1n) is 25.0. The second-order valence-electron chi connectivity index (χ2n) is 19.5. The number of amides is 9. The molecular weight excluding hydrogens is 1030 g/mol. The molecular formula is C48H77N15O15. The summed E-state index contributed by atoms with van der Waals surface area (Å²) in [5.74, 6) is -12.4. The van der Waals surface area contributed by atoms with Gasteiger partial charge in [-0.05, 0) is 69.6 Å². The molecule has 1 heterocycles. The number of hydrogen-bond donors (Lipinski definition) is 18. The van der Waals surface area contributed by atoms with Gasteiger partial charge in [0.2, 0.25) is 53.2 Å². The molecule has 0 unspecified atom stereocenters. The third-order valence-corrected chi connectivity index (χ3v) is 11.7. The van der Waals surface area contributed by atoms with Gasteiger partial charge in [0.25, 0.3) is 0 Å². The number of aromatic amines is 1. The van der Waals surface area contributed by atoms with Gasteiger partial charge >= 0.3 is 5.97 Å². The number of H-pyrrole nitrogens is 1. The number of hydrogen-bond acceptors (Lipinski definition) is 17. The van der Waals surface area contributed by atoms with Crippen LogP contribution < -0.4 is 65.5 Å². The summed E-state index contributed by atoms with van der Waals surface area (Å²) in [7, 11) is 0. The monoisotopic (exact) mass is 1100 g/mol. The fraction of sp³-hybridized carbons (Fsp3) is 0.583. The number of carboxylic acid groups (broad SMARTS) is 1. The van der Waals surface area contributed by atoms with Crippen LogP contribution in [0.2, 0.25) is 0 Å². The highest BCUT2D eigenvalue weighted by Gasteiger charge is 2.39. The van der Waals surface area contributed by atoms with Gasteiger partial charge in [-0.1, -0.05) is 39.8 Å². The molecule has 0 bridgehead atoms. The number of phenolic OH excluding ortho intramolecular Hbond substituents is 1. The number of aromatic hydroxyl groups is 1. The third-order valence-electron chi connectivity index (χ3n) is 11.7. The summed E-state index contributed by atoms with van der Waals surface area (Å²) >= 11 is 0. The average Bonchev–Trinajstić information content (AvgIpc) is 3.86. The van der Waals surface area contributed by atoms with Crippen LogP contribution >= 0.6 is 0 Å². The van der Waals surface area contributed by atoms with Gasteiger partial charge in [0.05, 0.1) is 37.1 Å². The normalized spacial score (nSPS) is 15.9. The molecule has 2 aromatic rings. The Morgan fingerprint density at radius 3 is 1.49 bits per heavy atom. The first-order valence-corrected chi connectivity index (χ1v) is 25.0. The van der Waals surface area contributed by atoms with Crippen molar-refractivity contribution in [2.45, 2.75) is 160 Å². The van der Waals surface area contributed by atoms with Crippen LogP contribution in [-0.4, -0.2) is 180 Å². The number of nitrogens with two attached hydrogens (primary N) is 4. The Morgan fingerprint density at radius 1 is 0.590 bits per heavy atom. The standard InChI is InChI=1S/C48H77N15O15/c1-21(2)15-33(47(77)78)59-40(70)30(9-8-14-54-48(51)52)56-44(74)36(23(5)64)62-46(76)38(25(7)66)63-45(75)37(24(6)65)61-43(73)35(22(3)4)60-42(72)32(18-34(50)68)58-41(71)31(16-26-10-12-28(67)13-11-26)57-39(69)29(49)17-27-19-53-20-55-27/h10-13,19-25,29-33,35-38,64-67H,8-9,14-18,49H2,1-7H3,(H2,50,68)(H,53,55)(H,56,74)(H,57,69)(H,58,71)(H,59,70)(H,60,72)(H,61,73)(H,62,76)(H,63,75)(H,77,78)(H4,51,52,54)/t23-,24-,25-,29+,30+,31+,32+,33+,35+,36+,37+,38+/m1/s1. The number of aliphatic hydroxyl groups excluding tert-OH is 3. The van der Waals surface area contributed by atoms with Gasteiger partial charge in [0.15, 0.2) is 5.96 Å². The first-order chi connectivity index (χ1) is 36.4. The molecule has 0 saturated heterocycles. The van der Waals surface area contributed by atoms with Crippen LogP contribution in [0.5, 0.6) is 5.75 Å². The minimum absolute atomic E-state index is 0.000257. The van der Waals surface area contributed by atoms with Gasteiger partial charge in [0.1, 0.15) is 54.1 Å². The molecule has 1 aromatic carbocycles. The van der Waals surface area contributed by atoms with Crippen LogP contribution in [0.15, 0.2) is 41.8 Å². The summed E-state index contributed by atoms with van der Waals surface area (Å²) < 4.78 is 0. The third kappa shape index (κ3) is 22.7. The van der Waals surface area contributed by atoms with Crippen molar-refractivity contribution in [3.05, 3.63) is 48.0 Å². The summed E-state index contributed by atoms with van der Waals surface area (Å²) in [6.45, 7) is 9.66. The molecule has 22 N–H and O–H groups in total. The predicted molar refractivity (Wildman–Crippen MR) is 278 cm³/mol. The van der Waals surface area contributed by atoms with Gasteiger partial charge in [0, 0.05) is 31.3 Å². The number of phenols is 1. The van der Waals surface area contributed by atoms with Crippen molar-refractivity contribution in [3.63, 3.8) is 0 Å². The zero-order valence-corrected chi connectivity index (χ0v) is 44.5. The van der Waals surface area contributed by atoms with E-state index in [2.05, 4.69) is 57.5 Å². The zero-order valence-electron chi connectivity index (χ0n) is 44.5. The topological polar surface area (TPSA) is 513 Å². The second-order valence-corrected chi connectivity index (χ2v) is 19.5. The van der Waals surface area contributed by atoms with E-state index in [0.717, 1.165) is 20.8 Å². The van der Waals surface area contributed by atoms with Crippen LogP contribution in [-0.2, 0) is 60.8 Å². The highest BCUT2D eigenvalue weighted by molar-refractivity contribution is 5.99. The van der Waals surface area contributed by atoms with Crippen LogP contribution in [0.4, 0.5) is 0 Å². The summed E-state index contributed by atoms with van der Waals surface area (Å²) in [6.07, 6.45) is -3.41. The smallest absolute Gasteiger partial charge is 0.326 e. The molecule has 0 saturated carbocycles. The van der Waals surface area contributed by atoms with E-state index in [0.29, 0.717) is 11.3 Å². The van der Waals surface area contributed by atoms with Crippen molar-refractivity contribution in [2.24, 2.45) is 39.8 Å². The van der Waals surface area contributed by atoms with Crippen LogP contribution in [0.1, 0.15) is 85.4 Å². The molecule has 30 heteroatoms. The average molecular weight is 1100 g/mol. The lowest BCUT2D eigenvalue weighted by Gasteiger charge is -2.30. The number of carbonyl (C=O) groups is 10. The molecule has 2 rings (SSSR count). The fourth-order valence-electron chi connectivity index (χ4n) is 7.50. The Hall–Kier alpha value is -7.96. The maximum atomic E-state index is 13.9. The van der Waals surface area contributed by atoms with Gasteiger partial charge in [-0.2, -0.15) is 0 Å². The highest BCUT2D eigenvalue weighted by Crippen LogP contribution is 2.14. The minimum Gasteiger partial charge on any atom is -0.508 e. The number of nitrogens with one attached hydrogen (secondary N) is 9. The Bertz CT molecular complexity index is 2380. The number of primary amides is 1. The molecule has 434 valence electrons. The molecule has 0 aliphatic rings. The van der Waals surface area contributed by atoms with Crippen molar-refractivity contribution in [2.75, 3.05) is 6.54 Å². The fourth-order valence-corrected chi connectivity index (χ4v) is 7.50. The number of aliphatic carboxylic acids is 1. The van der Waals surface area contributed by atoms with Gasteiger partial charge in [-0.3, -0.25) is 48.1 Å². The number of aliphatic hydroxyl groups is 3. The molecule has 0 spiro atoms. The Balaban J connectivity index is 2.33.